The Balaban J connectivity index is 1.60. The van der Waals surface area contributed by atoms with Gasteiger partial charge in [0.05, 0.1) is 0 Å². The van der Waals surface area contributed by atoms with E-state index in [0.29, 0.717) is 24.1 Å². The molecule has 28 heavy (non-hydrogen) atoms. The van der Waals surface area contributed by atoms with Crippen LogP contribution in [0.1, 0.15) is 31.8 Å². The minimum Gasteiger partial charge on any atom is -0.352 e. The summed E-state index contributed by atoms with van der Waals surface area (Å²) in [6, 6.07) is 20.3. The number of aryl methyl sites for hydroxylation is 1. The first kappa shape index (κ1) is 19.3. The molecule has 0 fully saturated rings. The van der Waals surface area contributed by atoms with E-state index in [2.05, 4.69) is 10.6 Å². The summed E-state index contributed by atoms with van der Waals surface area (Å²) in [5, 5.41) is 5.68. The first-order chi connectivity index (χ1) is 13.5. The molecule has 0 spiro atoms. The van der Waals surface area contributed by atoms with Gasteiger partial charge in [0.15, 0.2) is 0 Å². The number of halogens is 1. The van der Waals surface area contributed by atoms with Crippen LogP contribution in [0.5, 0.6) is 0 Å². The van der Waals surface area contributed by atoms with Gasteiger partial charge in [-0.2, -0.15) is 0 Å². The van der Waals surface area contributed by atoms with Crippen molar-refractivity contribution in [3.05, 3.63) is 101 Å². The van der Waals surface area contributed by atoms with Crippen LogP contribution >= 0.6 is 0 Å². The third-order valence-electron chi connectivity index (χ3n) is 4.39. The van der Waals surface area contributed by atoms with Crippen LogP contribution in [0.2, 0.25) is 0 Å². The highest BCUT2D eigenvalue weighted by Crippen LogP contribution is 2.15. The quantitative estimate of drug-likeness (QED) is 0.672. The molecule has 0 aliphatic rings. The number of hydrogen-bond donors (Lipinski definition) is 2. The molecule has 0 unspecified atom stereocenters. The Morgan fingerprint density at radius 3 is 2.25 bits per heavy atom. The van der Waals surface area contributed by atoms with Crippen molar-refractivity contribution in [3.63, 3.8) is 0 Å². The van der Waals surface area contributed by atoms with Crippen molar-refractivity contribution in [1.82, 2.24) is 5.32 Å². The zero-order valence-electron chi connectivity index (χ0n) is 15.5. The second-order valence-electron chi connectivity index (χ2n) is 6.48. The Morgan fingerprint density at radius 1 is 0.857 bits per heavy atom. The monoisotopic (exact) mass is 376 g/mol. The first-order valence-corrected chi connectivity index (χ1v) is 9.02. The van der Waals surface area contributed by atoms with Gasteiger partial charge >= 0.3 is 0 Å². The molecule has 0 atom stereocenters. The Kier molecular flexibility index (Phi) is 6.17. The van der Waals surface area contributed by atoms with Crippen molar-refractivity contribution in [2.75, 3.05) is 11.9 Å². The first-order valence-electron chi connectivity index (χ1n) is 9.02. The fraction of sp³-hybridized carbons (Fsp3) is 0.130. The smallest absolute Gasteiger partial charge is 0.255 e. The lowest BCUT2D eigenvalue weighted by molar-refractivity contribution is 0.0954. The Labute approximate surface area is 163 Å². The Bertz CT molecular complexity index is 984. The maximum Gasteiger partial charge on any atom is 0.255 e. The molecule has 3 aromatic carbocycles. The molecule has 0 saturated heterocycles. The summed E-state index contributed by atoms with van der Waals surface area (Å²) >= 11 is 0. The number of para-hydroxylation sites is 1. The zero-order chi connectivity index (χ0) is 19.9. The fourth-order valence-electron chi connectivity index (χ4n) is 2.78. The van der Waals surface area contributed by atoms with E-state index in [0.717, 1.165) is 16.8 Å². The molecule has 0 aromatic heterocycles. The number of anilines is 1. The number of carbonyl (C=O) groups is 2. The molecule has 0 radical (unpaired) electrons. The van der Waals surface area contributed by atoms with Gasteiger partial charge < -0.3 is 10.6 Å². The van der Waals surface area contributed by atoms with Gasteiger partial charge in [0.1, 0.15) is 5.82 Å². The SMILES string of the molecule is Cc1ccccc1NC(=O)c1cccc(C(=O)NCCc2ccc(F)cc2)c1. The van der Waals surface area contributed by atoms with Crippen LogP contribution in [0.4, 0.5) is 10.1 Å². The van der Waals surface area contributed by atoms with Crippen molar-refractivity contribution >= 4 is 17.5 Å². The Morgan fingerprint density at radius 2 is 1.54 bits per heavy atom. The van der Waals surface area contributed by atoms with Gasteiger partial charge in [-0.05, 0) is 60.9 Å². The predicted octanol–water partition coefficient (Wildman–Crippen LogP) is 4.36. The van der Waals surface area contributed by atoms with E-state index in [1.807, 2.05) is 31.2 Å². The second kappa shape index (κ2) is 8.95. The molecule has 3 aromatic rings. The normalized spacial score (nSPS) is 10.4. The lowest BCUT2D eigenvalue weighted by Crippen LogP contribution is -2.26. The van der Waals surface area contributed by atoms with Crippen molar-refractivity contribution < 1.29 is 14.0 Å². The van der Waals surface area contributed by atoms with Crippen molar-refractivity contribution in [2.45, 2.75) is 13.3 Å². The predicted molar refractivity (Wildman–Crippen MR) is 108 cm³/mol. The van der Waals surface area contributed by atoms with Gasteiger partial charge in [0.2, 0.25) is 0 Å². The molecule has 2 amide bonds. The molecule has 4 nitrogen and oxygen atoms in total. The number of amides is 2. The molecule has 2 N–H and O–H groups in total. The molecule has 0 aliphatic heterocycles. The maximum absolute atomic E-state index is 12.9. The van der Waals surface area contributed by atoms with Crippen LogP contribution in [-0.4, -0.2) is 18.4 Å². The van der Waals surface area contributed by atoms with Crippen LogP contribution in [0.3, 0.4) is 0 Å². The third-order valence-corrected chi connectivity index (χ3v) is 4.39. The molecular weight excluding hydrogens is 355 g/mol. The van der Waals surface area contributed by atoms with Gasteiger partial charge in [0, 0.05) is 23.4 Å². The average Bonchev–Trinajstić information content (AvgIpc) is 2.71. The maximum atomic E-state index is 12.9. The van der Waals surface area contributed by atoms with Gasteiger partial charge in [-0.25, -0.2) is 4.39 Å². The zero-order valence-corrected chi connectivity index (χ0v) is 15.5. The van der Waals surface area contributed by atoms with Gasteiger partial charge in [0.25, 0.3) is 11.8 Å². The van der Waals surface area contributed by atoms with Gasteiger partial charge in [-0.3, -0.25) is 9.59 Å². The van der Waals surface area contributed by atoms with Crippen molar-refractivity contribution in [1.29, 1.82) is 0 Å². The van der Waals surface area contributed by atoms with Gasteiger partial charge in [-0.1, -0.05) is 36.4 Å². The lowest BCUT2D eigenvalue weighted by atomic mass is 10.1. The number of benzene rings is 3. The summed E-state index contributed by atoms with van der Waals surface area (Å²) < 4.78 is 12.9. The van der Waals surface area contributed by atoms with Crippen molar-refractivity contribution in [3.8, 4) is 0 Å². The summed E-state index contributed by atoms with van der Waals surface area (Å²) in [6.07, 6.45) is 0.597. The number of rotatable bonds is 6. The fourth-order valence-corrected chi connectivity index (χ4v) is 2.78. The molecular formula is C23H21FN2O2. The molecule has 142 valence electrons. The summed E-state index contributed by atoms with van der Waals surface area (Å²) in [4.78, 5) is 24.9. The van der Waals surface area contributed by atoms with Crippen LogP contribution in [0.15, 0.2) is 72.8 Å². The Hall–Kier alpha value is -3.47. The minimum atomic E-state index is -0.284. The largest absolute Gasteiger partial charge is 0.352 e. The van der Waals surface area contributed by atoms with E-state index >= 15 is 0 Å². The van der Waals surface area contributed by atoms with E-state index in [-0.39, 0.29) is 17.6 Å². The van der Waals surface area contributed by atoms with E-state index in [9.17, 15) is 14.0 Å². The summed E-state index contributed by atoms with van der Waals surface area (Å²) in [5.74, 6) is -0.809. The van der Waals surface area contributed by atoms with E-state index in [4.69, 9.17) is 0 Å². The van der Waals surface area contributed by atoms with E-state index in [1.165, 1.54) is 12.1 Å². The summed E-state index contributed by atoms with van der Waals surface area (Å²) in [7, 11) is 0. The molecule has 5 heteroatoms. The average molecular weight is 376 g/mol. The number of carbonyl (C=O) groups excluding carboxylic acids is 2. The number of nitrogens with one attached hydrogen (secondary N) is 2. The highest BCUT2D eigenvalue weighted by atomic mass is 19.1. The molecule has 0 aliphatic carbocycles. The van der Waals surface area contributed by atoms with E-state index < -0.39 is 0 Å². The second-order valence-corrected chi connectivity index (χ2v) is 6.48. The van der Waals surface area contributed by atoms with Crippen LogP contribution in [0.25, 0.3) is 0 Å². The van der Waals surface area contributed by atoms with Crippen molar-refractivity contribution in [2.24, 2.45) is 0 Å². The van der Waals surface area contributed by atoms with Gasteiger partial charge in [-0.15, -0.1) is 0 Å². The summed E-state index contributed by atoms with van der Waals surface area (Å²) in [5.41, 5.74) is 3.46. The third kappa shape index (κ3) is 5.04. The number of hydrogen-bond acceptors (Lipinski definition) is 2. The molecule has 3 rings (SSSR count). The summed E-state index contributed by atoms with van der Waals surface area (Å²) in [6.45, 7) is 2.34. The van der Waals surface area contributed by atoms with Crippen LogP contribution in [-0.2, 0) is 6.42 Å². The molecule has 0 bridgehead atoms. The highest BCUT2D eigenvalue weighted by Gasteiger charge is 2.11. The minimum absolute atomic E-state index is 0.257. The highest BCUT2D eigenvalue weighted by molar-refractivity contribution is 6.06. The topological polar surface area (TPSA) is 58.2 Å². The lowest BCUT2D eigenvalue weighted by Gasteiger charge is -2.10. The molecule has 0 heterocycles. The van der Waals surface area contributed by atoms with Crippen LogP contribution in [0, 0.1) is 12.7 Å². The molecule has 0 saturated carbocycles. The standard InChI is InChI=1S/C23H21FN2O2/c1-16-5-2-3-8-21(16)26-23(28)19-7-4-6-18(15-19)22(27)25-14-13-17-9-11-20(24)12-10-17/h2-12,15H,13-14H2,1H3,(H,25,27)(H,26,28). The van der Waals surface area contributed by atoms with Crippen LogP contribution < -0.4 is 10.6 Å². The van der Waals surface area contributed by atoms with E-state index in [1.54, 1.807) is 36.4 Å².